The van der Waals surface area contributed by atoms with Crippen LogP contribution in [0.1, 0.15) is 12.0 Å². The average molecular weight is 323 g/mol. The van der Waals surface area contributed by atoms with Crippen LogP contribution in [0.3, 0.4) is 0 Å². The minimum atomic E-state index is 0.548. The van der Waals surface area contributed by atoms with Gasteiger partial charge in [0.2, 0.25) is 11.8 Å². The van der Waals surface area contributed by atoms with Crippen LogP contribution in [-0.2, 0) is 6.42 Å². The fourth-order valence-corrected chi connectivity index (χ4v) is 1.87. The van der Waals surface area contributed by atoms with E-state index < -0.39 is 0 Å². The molecule has 1 N–H and O–H groups in total. The van der Waals surface area contributed by atoms with Crippen LogP contribution in [0.5, 0.6) is 5.88 Å². The first-order chi connectivity index (χ1) is 9.29. The number of nitrogens with one attached hydrogen (secondary N) is 1. The highest BCUT2D eigenvalue weighted by molar-refractivity contribution is 9.10. The molecular weight excluding hydrogens is 308 g/mol. The number of halogens is 1. The molecule has 2 aromatic rings. The van der Waals surface area contributed by atoms with E-state index in [-0.39, 0.29) is 0 Å². The Balaban J connectivity index is 1.82. The fourth-order valence-electron chi connectivity index (χ4n) is 1.57. The molecule has 2 heterocycles. The third-order valence-electron chi connectivity index (χ3n) is 2.53. The van der Waals surface area contributed by atoms with Crippen LogP contribution in [0.15, 0.2) is 35.2 Å². The Morgan fingerprint density at radius 1 is 1.32 bits per heavy atom. The molecule has 0 aliphatic heterocycles. The van der Waals surface area contributed by atoms with Crippen molar-refractivity contribution in [3.8, 4) is 5.88 Å². The molecule has 0 saturated heterocycles. The van der Waals surface area contributed by atoms with E-state index in [1.165, 1.54) is 5.56 Å². The molecule has 0 aliphatic rings. The van der Waals surface area contributed by atoms with Crippen molar-refractivity contribution in [3.63, 3.8) is 0 Å². The van der Waals surface area contributed by atoms with Crippen LogP contribution in [0.4, 0.5) is 5.95 Å². The zero-order chi connectivity index (χ0) is 13.5. The van der Waals surface area contributed by atoms with Gasteiger partial charge in [0.15, 0.2) is 0 Å². The average Bonchev–Trinajstić information content (AvgIpc) is 2.46. The number of rotatable bonds is 6. The van der Waals surface area contributed by atoms with Crippen LogP contribution < -0.4 is 10.1 Å². The number of anilines is 1. The lowest BCUT2D eigenvalue weighted by atomic mass is 10.1. The number of hydrogen-bond acceptors (Lipinski definition) is 5. The summed E-state index contributed by atoms with van der Waals surface area (Å²) in [6, 6.07) is 4.03. The number of aromatic nitrogens is 3. The summed E-state index contributed by atoms with van der Waals surface area (Å²) in [6.07, 6.45) is 7.17. The Bertz CT molecular complexity index is 521. The van der Waals surface area contributed by atoms with Crippen molar-refractivity contribution in [1.82, 2.24) is 15.0 Å². The molecule has 0 aromatic carbocycles. The van der Waals surface area contributed by atoms with Gasteiger partial charge >= 0.3 is 0 Å². The largest absolute Gasteiger partial charge is 0.477 e. The van der Waals surface area contributed by atoms with E-state index in [1.54, 1.807) is 25.6 Å². The van der Waals surface area contributed by atoms with E-state index in [2.05, 4.69) is 36.2 Å². The minimum absolute atomic E-state index is 0.548. The van der Waals surface area contributed by atoms with Gasteiger partial charge in [-0.2, -0.15) is 4.98 Å². The van der Waals surface area contributed by atoms with Crippen molar-refractivity contribution in [3.05, 3.63) is 40.8 Å². The molecule has 19 heavy (non-hydrogen) atoms. The standard InChI is InChI=1S/C13H15BrN4O/c1-15-13-17-9-11(14)12(18-13)19-8-2-3-10-4-6-16-7-5-10/h4-7,9H,2-3,8H2,1H3,(H,15,17,18). The molecule has 0 unspecified atom stereocenters. The van der Waals surface area contributed by atoms with Gasteiger partial charge in [-0.15, -0.1) is 0 Å². The summed E-state index contributed by atoms with van der Waals surface area (Å²) in [4.78, 5) is 12.3. The van der Waals surface area contributed by atoms with Crippen molar-refractivity contribution in [2.45, 2.75) is 12.8 Å². The van der Waals surface area contributed by atoms with E-state index in [0.29, 0.717) is 18.4 Å². The molecule has 0 fully saturated rings. The number of ether oxygens (including phenoxy) is 1. The molecule has 0 bridgehead atoms. The van der Waals surface area contributed by atoms with Crippen LogP contribution in [0.2, 0.25) is 0 Å². The highest BCUT2D eigenvalue weighted by Crippen LogP contribution is 2.22. The first kappa shape index (κ1) is 13.7. The molecule has 100 valence electrons. The van der Waals surface area contributed by atoms with Crippen molar-refractivity contribution in [2.24, 2.45) is 0 Å². The molecule has 6 heteroatoms. The normalized spacial score (nSPS) is 10.2. The first-order valence-corrected chi connectivity index (χ1v) is 6.81. The predicted octanol–water partition coefficient (Wildman–Crippen LogP) is 2.69. The summed E-state index contributed by atoms with van der Waals surface area (Å²) >= 11 is 3.37. The lowest BCUT2D eigenvalue weighted by Gasteiger charge is -2.08. The second kappa shape index (κ2) is 7.04. The molecule has 0 radical (unpaired) electrons. The van der Waals surface area contributed by atoms with Gasteiger partial charge in [0.25, 0.3) is 0 Å². The molecule has 5 nitrogen and oxygen atoms in total. The Hall–Kier alpha value is -1.69. The lowest BCUT2D eigenvalue weighted by Crippen LogP contribution is -2.04. The van der Waals surface area contributed by atoms with E-state index in [0.717, 1.165) is 17.3 Å². The second-order valence-electron chi connectivity index (χ2n) is 3.90. The zero-order valence-electron chi connectivity index (χ0n) is 10.6. The second-order valence-corrected chi connectivity index (χ2v) is 4.76. The summed E-state index contributed by atoms with van der Waals surface area (Å²) in [5, 5.41) is 2.88. The van der Waals surface area contributed by atoms with Crippen LogP contribution in [-0.4, -0.2) is 28.6 Å². The van der Waals surface area contributed by atoms with E-state index in [4.69, 9.17) is 4.74 Å². The Morgan fingerprint density at radius 3 is 2.84 bits per heavy atom. The maximum Gasteiger partial charge on any atom is 0.232 e. The van der Waals surface area contributed by atoms with Gasteiger partial charge in [0.1, 0.15) is 0 Å². The van der Waals surface area contributed by atoms with Gasteiger partial charge in [-0.1, -0.05) is 0 Å². The van der Waals surface area contributed by atoms with Crippen LogP contribution in [0.25, 0.3) is 0 Å². The number of pyridine rings is 1. The molecule has 0 saturated carbocycles. The van der Waals surface area contributed by atoms with E-state index in [9.17, 15) is 0 Å². The first-order valence-electron chi connectivity index (χ1n) is 6.01. The number of nitrogens with zero attached hydrogens (tertiary/aromatic N) is 3. The van der Waals surface area contributed by atoms with Crippen molar-refractivity contribution >= 4 is 21.9 Å². The van der Waals surface area contributed by atoms with Gasteiger partial charge in [0.05, 0.1) is 17.3 Å². The van der Waals surface area contributed by atoms with Crippen molar-refractivity contribution in [2.75, 3.05) is 19.0 Å². The maximum atomic E-state index is 5.65. The summed E-state index contributed by atoms with van der Waals surface area (Å²) in [5.74, 6) is 1.11. The molecule has 0 amide bonds. The summed E-state index contributed by atoms with van der Waals surface area (Å²) in [7, 11) is 1.77. The molecular formula is C13H15BrN4O. The molecule has 0 aliphatic carbocycles. The zero-order valence-corrected chi connectivity index (χ0v) is 12.2. The highest BCUT2D eigenvalue weighted by Gasteiger charge is 2.05. The maximum absolute atomic E-state index is 5.65. The molecule has 0 spiro atoms. The fraction of sp³-hybridized carbons (Fsp3) is 0.308. The summed E-state index contributed by atoms with van der Waals surface area (Å²) in [6.45, 7) is 0.612. The van der Waals surface area contributed by atoms with Crippen molar-refractivity contribution in [1.29, 1.82) is 0 Å². The molecule has 0 atom stereocenters. The minimum Gasteiger partial charge on any atom is -0.477 e. The van der Waals surface area contributed by atoms with E-state index >= 15 is 0 Å². The van der Waals surface area contributed by atoms with Gasteiger partial charge in [0, 0.05) is 19.4 Å². The lowest BCUT2D eigenvalue weighted by molar-refractivity contribution is 0.297. The quantitative estimate of drug-likeness (QED) is 0.828. The molecule has 2 aromatic heterocycles. The predicted molar refractivity (Wildman–Crippen MR) is 77.3 cm³/mol. The van der Waals surface area contributed by atoms with Gasteiger partial charge in [-0.05, 0) is 46.5 Å². The van der Waals surface area contributed by atoms with Crippen LogP contribution in [0, 0.1) is 0 Å². The SMILES string of the molecule is CNc1ncc(Br)c(OCCCc2ccncc2)n1. The Morgan fingerprint density at radius 2 is 2.11 bits per heavy atom. The molecule has 2 rings (SSSR count). The van der Waals surface area contributed by atoms with Gasteiger partial charge in [-0.3, -0.25) is 4.98 Å². The number of aryl methyl sites for hydroxylation is 1. The van der Waals surface area contributed by atoms with Crippen LogP contribution >= 0.6 is 15.9 Å². The monoisotopic (exact) mass is 322 g/mol. The van der Waals surface area contributed by atoms with Crippen molar-refractivity contribution < 1.29 is 4.74 Å². The van der Waals surface area contributed by atoms with Gasteiger partial charge < -0.3 is 10.1 Å². The Kier molecular flexibility index (Phi) is 5.09. The topological polar surface area (TPSA) is 59.9 Å². The Labute approximate surface area is 120 Å². The summed E-state index contributed by atoms with van der Waals surface area (Å²) in [5.41, 5.74) is 1.26. The third kappa shape index (κ3) is 4.17. The third-order valence-corrected chi connectivity index (χ3v) is 3.08. The summed E-state index contributed by atoms with van der Waals surface area (Å²) < 4.78 is 6.41. The van der Waals surface area contributed by atoms with E-state index in [1.807, 2.05) is 12.1 Å². The number of hydrogen-bond donors (Lipinski definition) is 1. The van der Waals surface area contributed by atoms with Gasteiger partial charge in [-0.25, -0.2) is 4.98 Å². The smallest absolute Gasteiger partial charge is 0.232 e. The highest BCUT2D eigenvalue weighted by atomic mass is 79.9.